The summed E-state index contributed by atoms with van der Waals surface area (Å²) in [6.07, 6.45) is 5.13. The minimum absolute atomic E-state index is 0.142. The molecule has 0 spiro atoms. The number of hydrogen-bond donors (Lipinski definition) is 1. The normalized spacial score (nSPS) is 19.5. The van der Waals surface area contributed by atoms with Crippen molar-refractivity contribution in [2.75, 3.05) is 18.5 Å². The zero-order chi connectivity index (χ0) is 18.4. The predicted octanol–water partition coefficient (Wildman–Crippen LogP) is 3.16. The molecular formula is C20H21N5O2. The lowest BCUT2D eigenvalue weighted by molar-refractivity contribution is -0.114. The number of rotatable bonds is 4. The molecule has 2 fully saturated rings. The van der Waals surface area contributed by atoms with E-state index in [2.05, 4.69) is 16.4 Å². The second kappa shape index (κ2) is 6.42. The van der Waals surface area contributed by atoms with Crippen molar-refractivity contribution in [1.29, 1.82) is 0 Å². The summed E-state index contributed by atoms with van der Waals surface area (Å²) in [4.78, 5) is 20.7. The van der Waals surface area contributed by atoms with Gasteiger partial charge in [0.1, 0.15) is 5.82 Å². The molecule has 1 saturated carbocycles. The Morgan fingerprint density at radius 1 is 1.26 bits per heavy atom. The van der Waals surface area contributed by atoms with Crippen LogP contribution < -0.4 is 5.32 Å². The van der Waals surface area contributed by atoms with Crippen molar-refractivity contribution in [1.82, 2.24) is 19.7 Å². The van der Waals surface area contributed by atoms with Gasteiger partial charge in [0, 0.05) is 48.7 Å². The Kier molecular flexibility index (Phi) is 3.89. The van der Waals surface area contributed by atoms with Crippen molar-refractivity contribution < 1.29 is 9.53 Å². The molecule has 7 nitrogen and oxygen atoms in total. The molecule has 1 aliphatic carbocycles. The van der Waals surface area contributed by atoms with Gasteiger partial charge in [0.15, 0.2) is 5.82 Å². The molecule has 27 heavy (non-hydrogen) atoms. The number of anilines is 1. The number of carbonyl (C=O) groups is 1. The fourth-order valence-electron chi connectivity index (χ4n) is 3.67. The van der Waals surface area contributed by atoms with E-state index < -0.39 is 0 Å². The lowest BCUT2D eigenvalue weighted by Crippen LogP contribution is -2.08. The molecule has 4 heterocycles. The Labute approximate surface area is 156 Å². The molecule has 1 atom stereocenters. The Balaban J connectivity index is 1.63. The number of ether oxygens (including phenoxy) is 1. The van der Waals surface area contributed by atoms with Crippen molar-refractivity contribution in [3.63, 3.8) is 0 Å². The molecular weight excluding hydrogens is 342 g/mol. The van der Waals surface area contributed by atoms with E-state index in [0.717, 1.165) is 60.6 Å². The van der Waals surface area contributed by atoms with Gasteiger partial charge in [-0.2, -0.15) is 5.10 Å². The standard InChI is InChI=1S/C20H21N5O2/c1-12(26)22-18-9-17-15(10-21-18)20(13-5-6-13)24-25(17)19-4-2-3-16(23-19)14-7-8-27-11-14/h2-4,9-10,13-14H,5-8,11H2,1H3,(H,21,22,26)/t14-/m0/s1. The largest absolute Gasteiger partial charge is 0.381 e. The summed E-state index contributed by atoms with van der Waals surface area (Å²) < 4.78 is 7.40. The van der Waals surface area contributed by atoms with E-state index in [0.29, 0.717) is 17.7 Å². The lowest BCUT2D eigenvalue weighted by atomic mass is 10.0. The summed E-state index contributed by atoms with van der Waals surface area (Å²) in [5.74, 6) is 2.01. The van der Waals surface area contributed by atoms with E-state index in [1.165, 1.54) is 6.92 Å². The van der Waals surface area contributed by atoms with Crippen LogP contribution in [0, 0.1) is 0 Å². The van der Waals surface area contributed by atoms with Crippen LogP contribution in [0.3, 0.4) is 0 Å². The van der Waals surface area contributed by atoms with Crippen LogP contribution in [0.5, 0.6) is 0 Å². The number of hydrogen-bond acceptors (Lipinski definition) is 5. The molecule has 5 rings (SSSR count). The third-order valence-corrected chi connectivity index (χ3v) is 5.18. The Morgan fingerprint density at radius 3 is 2.89 bits per heavy atom. The average Bonchev–Trinajstić information content (AvgIpc) is 3.22. The first kappa shape index (κ1) is 16.4. The summed E-state index contributed by atoms with van der Waals surface area (Å²) in [5, 5.41) is 8.67. The van der Waals surface area contributed by atoms with E-state index in [1.807, 2.05) is 29.1 Å². The highest BCUT2D eigenvalue weighted by molar-refractivity contribution is 5.91. The van der Waals surface area contributed by atoms with Gasteiger partial charge >= 0.3 is 0 Å². The van der Waals surface area contributed by atoms with Crippen molar-refractivity contribution in [3.05, 3.63) is 41.9 Å². The summed E-state index contributed by atoms with van der Waals surface area (Å²) >= 11 is 0. The first-order valence-electron chi connectivity index (χ1n) is 9.40. The number of nitrogens with zero attached hydrogens (tertiary/aromatic N) is 4. The molecule has 2 aliphatic rings. The van der Waals surface area contributed by atoms with Gasteiger partial charge in [-0.15, -0.1) is 0 Å². The van der Waals surface area contributed by atoms with Gasteiger partial charge in [-0.05, 0) is 31.4 Å². The van der Waals surface area contributed by atoms with Crippen LogP contribution in [0.1, 0.15) is 49.4 Å². The summed E-state index contributed by atoms with van der Waals surface area (Å²) in [5.41, 5.74) is 3.03. The predicted molar refractivity (Wildman–Crippen MR) is 101 cm³/mol. The van der Waals surface area contributed by atoms with Crippen molar-refractivity contribution >= 4 is 22.6 Å². The van der Waals surface area contributed by atoms with Gasteiger partial charge in [0.05, 0.1) is 17.8 Å². The molecule has 0 aromatic carbocycles. The molecule has 0 radical (unpaired) electrons. The van der Waals surface area contributed by atoms with Crippen LogP contribution in [0.4, 0.5) is 5.82 Å². The van der Waals surface area contributed by atoms with Crippen LogP contribution in [-0.4, -0.2) is 38.9 Å². The summed E-state index contributed by atoms with van der Waals surface area (Å²) in [6, 6.07) is 7.93. The van der Waals surface area contributed by atoms with Gasteiger partial charge < -0.3 is 10.1 Å². The maximum atomic E-state index is 11.4. The Hall–Kier alpha value is -2.80. The highest BCUT2D eigenvalue weighted by Crippen LogP contribution is 2.43. The zero-order valence-electron chi connectivity index (χ0n) is 15.2. The van der Waals surface area contributed by atoms with Gasteiger partial charge in [-0.25, -0.2) is 14.6 Å². The lowest BCUT2D eigenvalue weighted by Gasteiger charge is -2.10. The molecule has 1 amide bonds. The van der Waals surface area contributed by atoms with Crippen LogP contribution in [0.25, 0.3) is 16.7 Å². The molecule has 1 N–H and O–H groups in total. The highest BCUT2D eigenvalue weighted by atomic mass is 16.5. The van der Waals surface area contributed by atoms with E-state index >= 15 is 0 Å². The van der Waals surface area contributed by atoms with Crippen LogP contribution in [0.2, 0.25) is 0 Å². The first-order valence-corrected chi connectivity index (χ1v) is 9.40. The SMILES string of the molecule is CC(=O)Nc1cc2c(cn1)c(C1CC1)nn2-c1cccc([C@H]2CCOC2)n1. The van der Waals surface area contributed by atoms with E-state index in [1.54, 1.807) is 0 Å². The minimum atomic E-state index is -0.142. The fourth-order valence-corrected chi connectivity index (χ4v) is 3.67. The smallest absolute Gasteiger partial charge is 0.222 e. The number of fused-ring (bicyclic) bond motifs is 1. The zero-order valence-corrected chi connectivity index (χ0v) is 15.2. The summed E-state index contributed by atoms with van der Waals surface area (Å²) in [6.45, 7) is 2.99. The number of pyridine rings is 2. The maximum Gasteiger partial charge on any atom is 0.222 e. The van der Waals surface area contributed by atoms with E-state index in [4.69, 9.17) is 14.8 Å². The maximum absolute atomic E-state index is 11.4. The number of amides is 1. The average molecular weight is 363 g/mol. The van der Waals surface area contributed by atoms with E-state index in [9.17, 15) is 4.79 Å². The number of aromatic nitrogens is 4. The fraction of sp³-hybridized carbons (Fsp3) is 0.400. The van der Waals surface area contributed by atoms with Crippen molar-refractivity contribution in [3.8, 4) is 5.82 Å². The van der Waals surface area contributed by atoms with Crippen molar-refractivity contribution in [2.45, 2.75) is 38.0 Å². The van der Waals surface area contributed by atoms with Gasteiger partial charge in [0.25, 0.3) is 0 Å². The third kappa shape index (κ3) is 3.08. The van der Waals surface area contributed by atoms with Crippen LogP contribution in [0.15, 0.2) is 30.5 Å². The topological polar surface area (TPSA) is 81.9 Å². The molecule has 1 aliphatic heterocycles. The van der Waals surface area contributed by atoms with E-state index in [-0.39, 0.29) is 5.91 Å². The number of carbonyl (C=O) groups excluding carboxylic acids is 1. The monoisotopic (exact) mass is 363 g/mol. The first-order chi connectivity index (χ1) is 13.2. The molecule has 0 unspecified atom stereocenters. The molecule has 138 valence electrons. The Morgan fingerprint density at radius 2 is 2.15 bits per heavy atom. The molecule has 0 bridgehead atoms. The van der Waals surface area contributed by atoms with Crippen LogP contribution >= 0.6 is 0 Å². The van der Waals surface area contributed by atoms with Crippen molar-refractivity contribution in [2.24, 2.45) is 0 Å². The van der Waals surface area contributed by atoms with Crippen LogP contribution in [-0.2, 0) is 9.53 Å². The van der Waals surface area contributed by atoms with Gasteiger partial charge in [0.2, 0.25) is 5.91 Å². The second-order valence-corrected chi connectivity index (χ2v) is 7.32. The third-order valence-electron chi connectivity index (χ3n) is 5.18. The second-order valence-electron chi connectivity index (χ2n) is 7.32. The molecule has 1 saturated heterocycles. The molecule has 3 aromatic rings. The quantitative estimate of drug-likeness (QED) is 0.770. The molecule has 7 heteroatoms. The molecule has 3 aromatic heterocycles. The Bertz CT molecular complexity index is 1020. The summed E-state index contributed by atoms with van der Waals surface area (Å²) in [7, 11) is 0. The van der Waals surface area contributed by atoms with Gasteiger partial charge in [-0.1, -0.05) is 6.07 Å². The number of nitrogens with one attached hydrogen (secondary N) is 1. The highest BCUT2D eigenvalue weighted by Gasteiger charge is 2.30. The van der Waals surface area contributed by atoms with Gasteiger partial charge in [-0.3, -0.25) is 4.79 Å². The minimum Gasteiger partial charge on any atom is -0.381 e.